The molecule has 5 aromatic rings. The summed E-state index contributed by atoms with van der Waals surface area (Å²) in [7, 11) is 0. The molecule has 11 heteroatoms. The van der Waals surface area contributed by atoms with E-state index in [1.54, 1.807) is 11.0 Å². The topological polar surface area (TPSA) is 113 Å². The number of nitrogens with one attached hydrogen (secondary N) is 2. The van der Waals surface area contributed by atoms with E-state index >= 15 is 0 Å². The van der Waals surface area contributed by atoms with Crippen LogP contribution in [0.4, 0.5) is 11.4 Å². The van der Waals surface area contributed by atoms with Crippen molar-refractivity contribution in [3.05, 3.63) is 140 Å². The predicted octanol–water partition coefficient (Wildman–Crippen LogP) is 7.53. The maximum Gasteiger partial charge on any atom is 0.255 e. The predicted molar refractivity (Wildman–Crippen MR) is 249 cm³/mol. The van der Waals surface area contributed by atoms with Gasteiger partial charge in [-0.1, -0.05) is 69.3 Å². The first kappa shape index (κ1) is 41.9. The van der Waals surface area contributed by atoms with Gasteiger partial charge in [-0.05, 0) is 103 Å². The summed E-state index contributed by atoms with van der Waals surface area (Å²) >= 11 is 0. The number of nitrogens with zero attached hydrogens (tertiary/aromatic N) is 5. The van der Waals surface area contributed by atoms with Crippen molar-refractivity contribution in [1.29, 1.82) is 0 Å². The van der Waals surface area contributed by atoms with Gasteiger partial charge in [0, 0.05) is 104 Å². The summed E-state index contributed by atoms with van der Waals surface area (Å²) in [5.74, 6) is -0.698. The Balaban J connectivity index is 0.702. The third kappa shape index (κ3) is 7.50. The molecule has 1 aromatic heterocycles. The molecule has 2 N–H and O–H groups in total. The molecule has 0 radical (unpaired) electrons. The molecule has 0 saturated carbocycles. The molecule has 5 heterocycles. The van der Waals surface area contributed by atoms with Crippen molar-refractivity contribution in [2.45, 2.75) is 96.2 Å². The number of piperidine rings is 2. The fourth-order valence-corrected chi connectivity index (χ4v) is 11.3. The Labute approximate surface area is 375 Å². The van der Waals surface area contributed by atoms with Gasteiger partial charge < -0.3 is 19.7 Å². The number of fused-ring (bicyclic) bond motifs is 5. The van der Waals surface area contributed by atoms with Crippen LogP contribution in [0.2, 0.25) is 0 Å². The molecule has 0 spiro atoms. The number of H-pyrrole nitrogens is 1. The highest BCUT2D eigenvalue weighted by atomic mass is 16.2. The van der Waals surface area contributed by atoms with Gasteiger partial charge in [-0.2, -0.15) is 0 Å². The molecule has 3 saturated heterocycles. The van der Waals surface area contributed by atoms with E-state index in [1.165, 1.54) is 22.4 Å². The molecule has 64 heavy (non-hydrogen) atoms. The van der Waals surface area contributed by atoms with Gasteiger partial charge in [0.25, 0.3) is 5.91 Å². The lowest BCUT2D eigenvalue weighted by atomic mass is 9.70. The Bertz CT molecular complexity index is 2730. The number of benzene rings is 4. The van der Waals surface area contributed by atoms with Crippen LogP contribution < -0.4 is 10.2 Å². The van der Waals surface area contributed by atoms with Gasteiger partial charge in [0.1, 0.15) is 6.04 Å². The largest absolute Gasteiger partial charge is 0.371 e. The van der Waals surface area contributed by atoms with Crippen molar-refractivity contribution in [3.8, 4) is 0 Å². The number of rotatable bonds is 10. The number of imide groups is 1. The van der Waals surface area contributed by atoms with Crippen molar-refractivity contribution in [2.24, 2.45) is 0 Å². The van der Waals surface area contributed by atoms with Gasteiger partial charge in [0.2, 0.25) is 11.8 Å². The number of ketones is 1. The Kier molecular flexibility index (Phi) is 11.0. The number of hydrogen-bond acceptors (Lipinski definition) is 7. The highest BCUT2D eigenvalue weighted by Crippen LogP contribution is 2.46. The Morgan fingerprint density at radius 2 is 1.55 bits per heavy atom. The highest BCUT2D eigenvalue weighted by Gasteiger charge is 2.42. The summed E-state index contributed by atoms with van der Waals surface area (Å²) in [5, 5.41) is 3.29. The average Bonchev–Trinajstić information content (AvgIpc) is 3.88. The van der Waals surface area contributed by atoms with E-state index in [2.05, 4.69) is 93.1 Å². The highest BCUT2D eigenvalue weighted by molar-refractivity contribution is 6.20. The molecule has 1 unspecified atom stereocenters. The molecule has 3 amide bonds. The number of aromatic amines is 1. The minimum atomic E-state index is -0.599. The second kappa shape index (κ2) is 16.8. The molecule has 5 aliphatic rings. The van der Waals surface area contributed by atoms with E-state index in [0.29, 0.717) is 30.3 Å². The van der Waals surface area contributed by atoms with E-state index < -0.39 is 6.04 Å². The van der Waals surface area contributed by atoms with Crippen LogP contribution in [0.1, 0.15) is 112 Å². The SMILES string of the molecule is [C-]#[N+]c1ccc2c3c([nH]c2c1)C(C)(C)c1cc(N2CCC(N4CCN(CCc5ccc(CCc6cccc7c6CN(C6CCC(=O)NC6=O)C7=O)cc5)CC4)CC2)c(CC)cc1C3=O. The Hall–Kier alpha value is -6.09. The number of piperazine rings is 1. The van der Waals surface area contributed by atoms with Gasteiger partial charge in [-0.15, -0.1) is 0 Å². The molecule has 1 atom stereocenters. The summed E-state index contributed by atoms with van der Waals surface area (Å²) in [5.41, 5.74) is 12.5. The molecule has 1 aliphatic carbocycles. The molecule has 4 aromatic carbocycles. The quantitative estimate of drug-likeness (QED) is 0.110. The van der Waals surface area contributed by atoms with Gasteiger partial charge in [-0.3, -0.25) is 29.4 Å². The van der Waals surface area contributed by atoms with Crippen molar-refractivity contribution < 1.29 is 19.2 Å². The summed E-state index contributed by atoms with van der Waals surface area (Å²) in [6, 6.07) is 25.0. The first-order valence-corrected chi connectivity index (χ1v) is 23.3. The van der Waals surface area contributed by atoms with Gasteiger partial charge >= 0.3 is 0 Å². The maximum absolute atomic E-state index is 14.2. The fourth-order valence-electron chi connectivity index (χ4n) is 11.3. The lowest BCUT2D eigenvalue weighted by molar-refractivity contribution is -0.136. The minimum absolute atomic E-state index is 0.0753. The lowest BCUT2D eigenvalue weighted by Gasteiger charge is -2.44. The number of carbonyl (C=O) groups excluding carboxylic acids is 4. The molecule has 4 aliphatic heterocycles. The molecule has 0 bridgehead atoms. The number of carbonyl (C=O) groups is 4. The van der Waals surface area contributed by atoms with Crippen LogP contribution in [0.5, 0.6) is 0 Å². The molecule has 3 fully saturated rings. The van der Waals surface area contributed by atoms with E-state index in [9.17, 15) is 19.2 Å². The fraction of sp³-hybridized carbons (Fsp3) is 0.415. The van der Waals surface area contributed by atoms with Crippen molar-refractivity contribution >= 4 is 45.8 Å². The van der Waals surface area contributed by atoms with Crippen molar-refractivity contribution in [1.82, 2.24) is 25.0 Å². The standard InChI is InChI=1S/C53H57N7O4/c1-5-35-29-41-43(53(2,3)50-48(49(41)62)40-16-15-37(54-4)30-44(40)55-50)31-46(35)59-23-20-38(21-24-59)58-27-25-57(26-28-58)22-19-34-11-9-33(10-12-34)13-14-36-7-6-8-39-42(36)32-60(52(39)64)45-17-18-47(61)56-51(45)63/h6-12,15-16,29-31,38,45,55H,5,13-14,17-28,32H2,1-3H3,(H,56,61,63). The summed E-state index contributed by atoms with van der Waals surface area (Å²) in [4.78, 5) is 68.4. The van der Waals surface area contributed by atoms with Crippen LogP contribution in [-0.2, 0) is 47.2 Å². The second-order valence-corrected chi connectivity index (χ2v) is 19.1. The van der Waals surface area contributed by atoms with Crippen molar-refractivity contribution in [2.75, 3.05) is 50.7 Å². The molecular weight excluding hydrogens is 799 g/mol. The first-order valence-electron chi connectivity index (χ1n) is 23.3. The molecule has 11 nitrogen and oxygen atoms in total. The third-order valence-corrected chi connectivity index (χ3v) is 15.1. The molecule has 328 valence electrons. The van der Waals surface area contributed by atoms with Crippen LogP contribution in [0.15, 0.2) is 72.8 Å². The number of hydrogen-bond donors (Lipinski definition) is 2. The van der Waals surface area contributed by atoms with Gasteiger partial charge in [-0.25, -0.2) is 4.85 Å². The Morgan fingerprint density at radius 3 is 2.27 bits per heavy atom. The zero-order chi connectivity index (χ0) is 44.3. The zero-order valence-electron chi connectivity index (χ0n) is 37.3. The van der Waals surface area contributed by atoms with Gasteiger partial charge in [0.05, 0.1) is 12.1 Å². The smallest absolute Gasteiger partial charge is 0.255 e. The van der Waals surface area contributed by atoms with E-state index in [0.717, 1.165) is 129 Å². The first-order chi connectivity index (χ1) is 31.0. The number of aryl methyl sites for hydroxylation is 3. The maximum atomic E-state index is 14.2. The van der Waals surface area contributed by atoms with Crippen LogP contribution in [0.25, 0.3) is 15.7 Å². The van der Waals surface area contributed by atoms with Crippen LogP contribution in [-0.4, -0.2) is 101 Å². The average molecular weight is 856 g/mol. The number of anilines is 1. The monoisotopic (exact) mass is 855 g/mol. The lowest BCUT2D eigenvalue weighted by Crippen LogP contribution is -2.53. The summed E-state index contributed by atoms with van der Waals surface area (Å²) in [6.45, 7) is 22.0. The third-order valence-electron chi connectivity index (χ3n) is 15.1. The van der Waals surface area contributed by atoms with Crippen LogP contribution in [0.3, 0.4) is 0 Å². The minimum Gasteiger partial charge on any atom is -0.371 e. The van der Waals surface area contributed by atoms with Crippen LogP contribution in [0, 0.1) is 6.57 Å². The zero-order valence-corrected chi connectivity index (χ0v) is 37.3. The van der Waals surface area contributed by atoms with Crippen LogP contribution >= 0.6 is 0 Å². The number of aromatic nitrogens is 1. The molecular formula is C53H57N7O4. The molecule has 10 rings (SSSR count). The number of amides is 3. The van der Waals surface area contributed by atoms with E-state index in [4.69, 9.17) is 6.57 Å². The van der Waals surface area contributed by atoms with E-state index in [1.807, 2.05) is 24.3 Å². The van der Waals surface area contributed by atoms with Gasteiger partial charge in [0.15, 0.2) is 11.5 Å². The summed E-state index contributed by atoms with van der Waals surface area (Å²) in [6.07, 6.45) is 6.48. The Morgan fingerprint density at radius 1 is 0.797 bits per heavy atom. The second-order valence-electron chi connectivity index (χ2n) is 19.1. The van der Waals surface area contributed by atoms with E-state index in [-0.39, 0.29) is 35.3 Å². The summed E-state index contributed by atoms with van der Waals surface area (Å²) < 4.78 is 0. The van der Waals surface area contributed by atoms with Crippen molar-refractivity contribution in [3.63, 3.8) is 0 Å². The normalized spacial score (nSPS) is 20.3.